The standard InChI is InChI=1S/C21H31NO5/c1-13(2)19(20(23)22-18-11-14(3)8-9-15(18)4)27-21(24)16(5)26-12-17-7-6-10-25-17/h8-9,11,13,16-17,19H,6-7,10,12H2,1-5H3,(H,22,23). The maximum Gasteiger partial charge on any atom is 0.335 e. The highest BCUT2D eigenvalue weighted by Crippen LogP contribution is 2.19. The number of anilines is 1. The van der Waals surface area contributed by atoms with E-state index in [1.165, 1.54) is 0 Å². The molecule has 1 aliphatic rings. The van der Waals surface area contributed by atoms with Gasteiger partial charge in [-0.15, -0.1) is 0 Å². The van der Waals surface area contributed by atoms with Gasteiger partial charge in [0.1, 0.15) is 0 Å². The fourth-order valence-electron chi connectivity index (χ4n) is 2.88. The van der Waals surface area contributed by atoms with Crippen LogP contribution in [0.5, 0.6) is 0 Å². The van der Waals surface area contributed by atoms with Crippen molar-refractivity contribution in [3.8, 4) is 0 Å². The minimum absolute atomic E-state index is 0.0359. The van der Waals surface area contributed by atoms with Gasteiger partial charge in [-0.25, -0.2) is 4.79 Å². The molecule has 0 saturated carbocycles. The van der Waals surface area contributed by atoms with Crippen LogP contribution in [0, 0.1) is 19.8 Å². The van der Waals surface area contributed by atoms with Crippen LogP contribution in [0.15, 0.2) is 18.2 Å². The van der Waals surface area contributed by atoms with Gasteiger partial charge in [-0.1, -0.05) is 26.0 Å². The van der Waals surface area contributed by atoms with E-state index in [4.69, 9.17) is 14.2 Å². The molecule has 0 spiro atoms. The molecule has 1 aromatic carbocycles. The molecule has 0 radical (unpaired) electrons. The summed E-state index contributed by atoms with van der Waals surface area (Å²) in [7, 11) is 0. The number of ether oxygens (including phenoxy) is 3. The molecule has 27 heavy (non-hydrogen) atoms. The van der Waals surface area contributed by atoms with Crippen LogP contribution in [0.4, 0.5) is 5.69 Å². The van der Waals surface area contributed by atoms with Crippen molar-refractivity contribution in [3.63, 3.8) is 0 Å². The van der Waals surface area contributed by atoms with Crippen LogP contribution in [-0.4, -0.2) is 43.4 Å². The third-order valence-corrected chi connectivity index (χ3v) is 4.65. The number of hydrogen-bond donors (Lipinski definition) is 1. The summed E-state index contributed by atoms with van der Waals surface area (Å²) in [5, 5.41) is 2.88. The van der Waals surface area contributed by atoms with Gasteiger partial charge in [0, 0.05) is 12.3 Å². The number of carbonyl (C=O) groups excluding carboxylic acids is 2. The molecule has 1 aliphatic heterocycles. The van der Waals surface area contributed by atoms with Gasteiger partial charge in [-0.05, 0) is 56.7 Å². The predicted octanol–water partition coefficient (Wildman–Crippen LogP) is 3.39. The maximum atomic E-state index is 12.7. The lowest BCUT2D eigenvalue weighted by Gasteiger charge is -2.23. The summed E-state index contributed by atoms with van der Waals surface area (Å²) in [6.07, 6.45) is 0.360. The maximum absolute atomic E-state index is 12.7. The smallest absolute Gasteiger partial charge is 0.335 e. The second-order valence-corrected chi connectivity index (χ2v) is 7.52. The van der Waals surface area contributed by atoms with Crippen LogP contribution >= 0.6 is 0 Å². The molecule has 1 N–H and O–H groups in total. The molecule has 0 aromatic heterocycles. The van der Waals surface area contributed by atoms with Crippen molar-refractivity contribution >= 4 is 17.6 Å². The normalized spacial score (nSPS) is 19.0. The molecule has 0 bridgehead atoms. The lowest BCUT2D eigenvalue weighted by Crippen LogP contribution is -2.40. The third kappa shape index (κ3) is 6.33. The molecule has 1 fully saturated rings. The van der Waals surface area contributed by atoms with Gasteiger partial charge in [0.25, 0.3) is 5.91 Å². The SMILES string of the molecule is Cc1ccc(C)c(NC(=O)C(OC(=O)C(C)OCC2CCCO2)C(C)C)c1. The highest BCUT2D eigenvalue weighted by Gasteiger charge is 2.30. The van der Waals surface area contributed by atoms with Crippen LogP contribution in [0.1, 0.15) is 44.7 Å². The average molecular weight is 377 g/mol. The molecule has 150 valence electrons. The number of hydrogen-bond acceptors (Lipinski definition) is 5. The Kier molecular flexibility index (Phi) is 7.80. The number of esters is 1. The second-order valence-electron chi connectivity index (χ2n) is 7.52. The first-order valence-corrected chi connectivity index (χ1v) is 9.59. The molecule has 1 amide bonds. The molecule has 0 aliphatic carbocycles. The molecule has 3 unspecified atom stereocenters. The van der Waals surface area contributed by atoms with E-state index in [1.54, 1.807) is 6.92 Å². The van der Waals surface area contributed by atoms with Gasteiger partial charge in [0.15, 0.2) is 12.2 Å². The minimum Gasteiger partial charge on any atom is -0.450 e. The fraction of sp³-hybridized carbons (Fsp3) is 0.619. The van der Waals surface area contributed by atoms with E-state index < -0.39 is 18.2 Å². The van der Waals surface area contributed by atoms with Crippen molar-refractivity contribution in [1.82, 2.24) is 0 Å². The second kappa shape index (κ2) is 9.85. The minimum atomic E-state index is -0.883. The van der Waals surface area contributed by atoms with Crippen LogP contribution in [-0.2, 0) is 23.8 Å². The van der Waals surface area contributed by atoms with Crippen molar-refractivity contribution < 1.29 is 23.8 Å². The number of aryl methyl sites for hydroxylation is 2. The molecule has 1 heterocycles. The van der Waals surface area contributed by atoms with Gasteiger partial charge in [0.05, 0.1) is 12.7 Å². The molecule has 1 aromatic rings. The number of benzene rings is 1. The van der Waals surface area contributed by atoms with Crippen molar-refractivity contribution in [2.24, 2.45) is 5.92 Å². The number of amides is 1. The summed E-state index contributed by atoms with van der Waals surface area (Å²) in [5.41, 5.74) is 2.73. The largest absolute Gasteiger partial charge is 0.450 e. The lowest BCUT2D eigenvalue weighted by molar-refractivity contribution is -0.168. The van der Waals surface area contributed by atoms with E-state index in [9.17, 15) is 9.59 Å². The predicted molar refractivity (Wildman–Crippen MR) is 104 cm³/mol. The molecule has 6 nitrogen and oxygen atoms in total. The Bertz CT molecular complexity index is 652. The quantitative estimate of drug-likeness (QED) is 0.703. The molecule has 6 heteroatoms. The zero-order chi connectivity index (χ0) is 20.0. The Morgan fingerprint density at radius 2 is 2.00 bits per heavy atom. The Hall–Kier alpha value is -1.92. The molecule has 3 atom stereocenters. The zero-order valence-electron chi connectivity index (χ0n) is 16.9. The topological polar surface area (TPSA) is 73.9 Å². The Balaban J connectivity index is 1.93. The van der Waals surface area contributed by atoms with Crippen molar-refractivity contribution in [3.05, 3.63) is 29.3 Å². The summed E-state index contributed by atoms with van der Waals surface area (Å²) in [6, 6.07) is 5.83. The summed E-state index contributed by atoms with van der Waals surface area (Å²) < 4.78 is 16.5. The van der Waals surface area contributed by atoms with Gasteiger partial charge < -0.3 is 19.5 Å². The first-order valence-electron chi connectivity index (χ1n) is 9.59. The molecule has 2 rings (SSSR count). The van der Waals surface area contributed by atoms with Crippen molar-refractivity contribution in [2.45, 2.75) is 65.8 Å². The Morgan fingerprint density at radius 3 is 2.63 bits per heavy atom. The summed E-state index contributed by atoms with van der Waals surface area (Å²) in [6.45, 7) is 10.3. The van der Waals surface area contributed by atoms with E-state index >= 15 is 0 Å². The summed E-state index contributed by atoms with van der Waals surface area (Å²) in [5.74, 6) is -1.04. The van der Waals surface area contributed by atoms with E-state index in [0.29, 0.717) is 6.61 Å². The van der Waals surface area contributed by atoms with Crippen LogP contribution < -0.4 is 5.32 Å². The fourth-order valence-corrected chi connectivity index (χ4v) is 2.88. The zero-order valence-corrected chi connectivity index (χ0v) is 16.9. The van der Waals surface area contributed by atoms with Crippen LogP contribution in [0.2, 0.25) is 0 Å². The van der Waals surface area contributed by atoms with E-state index in [1.807, 2.05) is 45.9 Å². The molecular weight excluding hydrogens is 346 g/mol. The van der Waals surface area contributed by atoms with Gasteiger partial charge >= 0.3 is 5.97 Å². The molecular formula is C21H31NO5. The van der Waals surface area contributed by atoms with Gasteiger partial charge in [0.2, 0.25) is 0 Å². The molecule has 1 saturated heterocycles. The van der Waals surface area contributed by atoms with Crippen LogP contribution in [0.3, 0.4) is 0 Å². The van der Waals surface area contributed by atoms with Gasteiger partial charge in [-0.3, -0.25) is 4.79 Å². The summed E-state index contributed by atoms with van der Waals surface area (Å²) in [4.78, 5) is 25.1. The lowest BCUT2D eigenvalue weighted by atomic mass is 10.1. The highest BCUT2D eigenvalue weighted by molar-refractivity contribution is 5.96. The van der Waals surface area contributed by atoms with Gasteiger partial charge in [-0.2, -0.15) is 0 Å². The van der Waals surface area contributed by atoms with Crippen molar-refractivity contribution in [2.75, 3.05) is 18.5 Å². The van der Waals surface area contributed by atoms with Crippen LogP contribution in [0.25, 0.3) is 0 Å². The van der Waals surface area contributed by atoms with E-state index in [-0.39, 0.29) is 17.9 Å². The Labute approximate surface area is 161 Å². The van der Waals surface area contributed by atoms with E-state index in [2.05, 4.69) is 5.32 Å². The first kappa shape index (κ1) is 21.4. The number of nitrogens with one attached hydrogen (secondary N) is 1. The third-order valence-electron chi connectivity index (χ3n) is 4.65. The monoisotopic (exact) mass is 377 g/mol. The summed E-state index contributed by atoms with van der Waals surface area (Å²) >= 11 is 0. The number of rotatable bonds is 8. The first-order chi connectivity index (χ1) is 12.8. The highest BCUT2D eigenvalue weighted by atomic mass is 16.6. The average Bonchev–Trinajstić information content (AvgIpc) is 3.13. The Morgan fingerprint density at radius 1 is 1.26 bits per heavy atom. The number of carbonyl (C=O) groups is 2. The van der Waals surface area contributed by atoms with E-state index in [0.717, 1.165) is 36.3 Å². The van der Waals surface area contributed by atoms with Crippen molar-refractivity contribution in [1.29, 1.82) is 0 Å².